The van der Waals surface area contributed by atoms with Gasteiger partial charge >= 0.3 is 0 Å². The van der Waals surface area contributed by atoms with Crippen molar-refractivity contribution in [3.05, 3.63) is 29.3 Å². The average molecular weight is 279 g/mol. The zero-order valence-electron chi connectivity index (χ0n) is 11.1. The fourth-order valence-electron chi connectivity index (χ4n) is 2.08. The summed E-state index contributed by atoms with van der Waals surface area (Å²) >= 11 is 0. The molecular weight excluding hydrogens is 262 g/mol. The number of carbonyl (C=O) groups excluding carboxylic acids is 1. The van der Waals surface area contributed by atoms with Gasteiger partial charge in [0.2, 0.25) is 0 Å². The molecule has 1 atom stereocenters. The maximum atomic E-state index is 12.4. The Morgan fingerprint density at radius 1 is 1.55 bits per heavy atom. The highest BCUT2D eigenvalue weighted by molar-refractivity contribution is 5.97. The van der Waals surface area contributed by atoms with E-state index in [-0.39, 0.29) is 29.6 Å². The Morgan fingerprint density at radius 2 is 2.30 bits per heavy atom. The molecule has 0 bridgehead atoms. The molecule has 2 rings (SSSR count). The minimum Gasteiger partial charge on any atom is -0.507 e. The average Bonchev–Trinajstić information content (AvgIpc) is 2.48. The number of rotatable bonds is 2. The first-order chi connectivity index (χ1) is 9.54. The SMILES string of the molecule is Cc1cccc(C(=O)N2CCOC(C(N)=NO)C2)c1O. The molecule has 0 saturated carbocycles. The number of nitrogens with two attached hydrogens (primary N) is 1. The zero-order chi connectivity index (χ0) is 14.7. The molecule has 4 N–H and O–H groups in total. The number of hydrogen-bond acceptors (Lipinski definition) is 5. The topological polar surface area (TPSA) is 108 Å². The molecule has 1 heterocycles. The first kappa shape index (κ1) is 14.1. The Morgan fingerprint density at radius 3 is 3.00 bits per heavy atom. The molecule has 0 aliphatic carbocycles. The number of hydrogen-bond donors (Lipinski definition) is 3. The fourth-order valence-corrected chi connectivity index (χ4v) is 2.08. The Labute approximate surface area is 116 Å². The van der Waals surface area contributed by atoms with Crippen LogP contribution in [0.5, 0.6) is 5.75 Å². The Balaban J connectivity index is 2.19. The summed E-state index contributed by atoms with van der Waals surface area (Å²) in [6, 6.07) is 5.01. The number of para-hydroxylation sites is 1. The van der Waals surface area contributed by atoms with Gasteiger partial charge in [-0.25, -0.2) is 0 Å². The van der Waals surface area contributed by atoms with E-state index in [0.29, 0.717) is 18.7 Å². The van der Waals surface area contributed by atoms with Gasteiger partial charge in [-0.05, 0) is 18.6 Å². The number of aryl methyl sites for hydroxylation is 1. The molecule has 7 nitrogen and oxygen atoms in total. The van der Waals surface area contributed by atoms with Crippen molar-refractivity contribution in [3.63, 3.8) is 0 Å². The van der Waals surface area contributed by atoms with E-state index in [1.54, 1.807) is 25.1 Å². The fraction of sp³-hybridized carbons (Fsp3) is 0.385. The van der Waals surface area contributed by atoms with E-state index in [1.165, 1.54) is 4.90 Å². The van der Waals surface area contributed by atoms with Crippen molar-refractivity contribution >= 4 is 11.7 Å². The molecule has 1 aliphatic rings. The van der Waals surface area contributed by atoms with Crippen molar-refractivity contribution in [1.82, 2.24) is 4.90 Å². The molecule has 7 heteroatoms. The van der Waals surface area contributed by atoms with Crippen LogP contribution in [0.3, 0.4) is 0 Å². The molecule has 1 unspecified atom stereocenters. The second-order valence-corrected chi connectivity index (χ2v) is 4.61. The van der Waals surface area contributed by atoms with Crippen molar-refractivity contribution in [2.45, 2.75) is 13.0 Å². The van der Waals surface area contributed by atoms with E-state index in [4.69, 9.17) is 15.7 Å². The van der Waals surface area contributed by atoms with Crippen LogP contribution in [-0.2, 0) is 4.74 Å². The van der Waals surface area contributed by atoms with Crippen molar-refractivity contribution < 1.29 is 19.8 Å². The van der Waals surface area contributed by atoms with E-state index in [2.05, 4.69) is 5.16 Å². The van der Waals surface area contributed by atoms with Crippen LogP contribution in [0.15, 0.2) is 23.4 Å². The lowest BCUT2D eigenvalue weighted by Crippen LogP contribution is -2.50. The summed E-state index contributed by atoms with van der Waals surface area (Å²) in [4.78, 5) is 13.9. The van der Waals surface area contributed by atoms with Crippen LogP contribution >= 0.6 is 0 Å². The lowest BCUT2D eigenvalue weighted by Gasteiger charge is -2.32. The first-order valence-corrected chi connectivity index (χ1v) is 6.21. The summed E-state index contributed by atoms with van der Waals surface area (Å²) in [6.07, 6.45) is -0.635. The molecule has 1 saturated heterocycles. The number of benzene rings is 1. The summed E-state index contributed by atoms with van der Waals surface area (Å²) < 4.78 is 5.33. The monoisotopic (exact) mass is 279 g/mol. The maximum absolute atomic E-state index is 12.4. The molecule has 0 aromatic heterocycles. The third kappa shape index (κ3) is 2.67. The lowest BCUT2D eigenvalue weighted by atomic mass is 10.1. The van der Waals surface area contributed by atoms with Gasteiger partial charge in [0.15, 0.2) is 5.84 Å². The highest BCUT2D eigenvalue weighted by Crippen LogP contribution is 2.23. The van der Waals surface area contributed by atoms with Gasteiger partial charge in [0.25, 0.3) is 5.91 Å². The number of oxime groups is 1. The predicted molar refractivity (Wildman–Crippen MR) is 71.9 cm³/mol. The van der Waals surface area contributed by atoms with Crippen LogP contribution in [-0.4, -0.2) is 52.8 Å². The van der Waals surface area contributed by atoms with Gasteiger partial charge in [0.1, 0.15) is 11.9 Å². The summed E-state index contributed by atoms with van der Waals surface area (Å²) in [7, 11) is 0. The smallest absolute Gasteiger partial charge is 0.257 e. The van der Waals surface area contributed by atoms with Crippen LogP contribution in [0.4, 0.5) is 0 Å². The number of phenols is 1. The predicted octanol–water partition coefficient (Wildman–Crippen LogP) is 0.288. The third-order valence-electron chi connectivity index (χ3n) is 3.27. The van der Waals surface area contributed by atoms with Gasteiger partial charge in [-0.2, -0.15) is 0 Å². The summed E-state index contributed by atoms with van der Waals surface area (Å²) in [5.74, 6) is -0.398. The number of aromatic hydroxyl groups is 1. The van der Waals surface area contributed by atoms with Crippen LogP contribution in [0.2, 0.25) is 0 Å². The standard InChI is InChI=1S/C13H17N3O4/c1-8-3-2-4-9(11(8)17)13(18)16-5-6-20-10(7-16)12(14)15-19/h2-4,10,17,19H,5-7H2,1H3,(H2,14,15). The lowest BCUT2D eigenvalue weighted by molar-refractivity contribution is 0.00662. The number of carbonyl (C=O) groups is 1. The van der Waals surface area contributed by atoms with Crippen molar-refractivity contribution in [2.24, 2.45) is 10.9 Å². The van der Waals surface area contributed by atoms with E-state index in [1.807, 2.05) is 0 Å². The Kier molecular flexibility index (Phi) is 4.09. The van der Waals surface area contributed by atoms with Crippen molar-refractivity contribution in [2.75, 3.05) is 19.7 Å². The maximum Gasteiger partial charge on any atom is 0.257 e. The van der Waals surface area contributed by atoms with Gasteiger partial charge in [-0.3, -0.25) is 4.79 Å². The minimum atomic E-state index is -0.635. The molecule has 20 heavy (non-hydrogen) atoms. The van der Waals surface area contributed by atoms with Crippen LogP contribution < -0.4 is 5.73 Å². The van der Waals surface area contributed by atoms with Crippen molar-refractivity contribution in [3.8, 4) is 5.75 Å². The molecule has 1 aromatic carbocycles. The number of amides is 1. The van der Waals surface area contributed by atoms with E-state index < -0.39 is 6.10 Å². The number of amidine groups is 1. The first-order valence-electron chi connectivity index (χ1n) is 6.21. The third-order valence-corrected chi connectivity index (χ3v) is 3.27. The van der Waals surface area contributed by atoms with Gasteiger partial charge in [-0.1, -0.05) is 17.3 Å². The normalized spacial score (nSPS) is 19.9. The van der Waals surface area contributed by atoms with Gasteiger partial charge < -0.3 is 25.7 Å². The summed E-state index contributed by atoms with van der Waals surface area (Å²) in [6.45, 7) is 2.59. The molecule has 0 spiro atoms. The summed E-state index contributed by atoms with van der Waals surface area (Å²) in [5.41, 5.74) is 6.37. The van der Waals surface area contributed by atoms with E-state index in [0.717, 1.165) is 0 Å². The second kappa shape index (κ2) is 5.79. The molecule has 1 fully saturated rings. The highest BCUT2D eigenvalue weighted by Gasteiger charge is 2.28. The summed E-state index contributed by atoms with van der Waals surface area (Å²) in [5, 5.41) is 21.5. The van der Waals surface area contributed by atoms with E-state index in [9.17, 15) is 9.90 Å². The second-order valence-electron chi connectivity index (χ2n) is 4.61. The molecule has 108 valence electrons. The van der Waals surface area contributed by atoms with Gasteiger partial charge in [-0.15, -0.1) is 0 Å². The number of morpholine rings is 1. The van der Waals surface area contributed by atoms with Crippen LogP contribution in [0.1, 0.15) is 15.9 Å². The largest absolute Gasteiger partial charge is 0.507 e. The molecular formula is C13H17N3O4. The van der Waals surface area contributed by atoms with Gasteiger partial charge in [0, 0.05) is 6.54 Å². The van der Waals surface area contributed by atoms with Gasteiger partial charge in [0.05, 0.1) is 18.7 Å². The molecule has 1 amide bonds. The van der Waals surface area contributed by atoms with Crippen LogP contribution in [0, 0.1) is 6.92 Å². The van der Waals surface area contributed by atoms with Crippen LogP contribution in [0.25, 0.3) is 0 Å². The molecule has 0 radical (unpaired) electrons. The zero-order valence-corrected chi connectivity index (χ0v) is 11.1. The number of nitrogens with zero attached hydrogens (tertiary/aromatic N) is 2. The molecule has 1 aromatic rings. The number of phenolic OH excluding ortho intramolecular Hbond substituents is 1. The Hall–Kier alpha value is -2.28. The minimum absolute atomic E-state index is 0.0238. The highest BCUT2D eigenvalue weighted by atomic mass is 16.5. The van der Waals surface area contributed by atoms with Crippen molar-refractivity contribution in [1.29, 1.82) is 0 Å². The molecule has 1 aliphatic heterocycles. The number of ether oxygens (including phenoxy) is 1. The quantitative estimate of drug-likeness (QED) is 0.312. The Bertz CT molecular complexity index is 544. The van der Waals surface area contributed by atoms with E-state index >= 15 is 0 Å².